The molecule has 1 aromatic carbocycles. The summed E-state index contributed by atoms with van der Waals surface area (Å²) in [7, 11) is 0. The molecule has 1 amide bonds. The predicted molar refractivity (Wildman–Crippen MR) is 80.4 cm³/mol. The fourth-order valence-electron chi connectivity index (χ4n) is 3.04. The summed E-state index contributed by atoms with van der Waals surface area (Å²) in [6.45, 7) is 7.14. The molecule has 1 saturated carbocycles. The van der Waals surface area contributed by atoms with Crippen molar-refractivity contribution in [1.29, 1.82) is 0 Å². The molecule has 3 heteroatoms. The van der Waals surface area contributed by atoms with E-state index in [9.17, 15) is 4.79 Å². The molecule has 1 unspecified atom stereocenters. The Kier molecular flexibility index (Phi) is 3.33. The summed E-state index contributed by atoms with van der Waals surface area (Å²) in [6, 6.07) is 9.17. The van der Waals surface area contributed by atoms with Crippen LogP contribution in [-0.4, -0.2) is 23.4 Å². The van der Waals surface area contributed by atoms with Gasteiger partial charge in [-0.15, -0.1) is 0 Å². The predicted octanol–water partition coefficient (Wildman–Crippen LogP) is 2.97. The second-order valence-corrected chi connectivity index (χ2v) is 7.04. The standard InChI is InChI=1S/C17H24N2O/c1-17(2,3)13-9-7-12(8-10-13)16-18-11-15(20)19(16)14-5-4-6-14/h7-10,14,16,18H,4-6,11H2,1-3H3. The Labute approximate surface area is 121 Å². The van der Waals surface area contributed by atoms with Crippen LogP contribution >= 0.6 is 0 Å². The first-order valence-corrected chi connectivity index (χ1v) is 7.62. The molecule has 0 bridgehead atoms. The summed E-state index contributed by atoms with van der Waals surface area (Å²) in [5.41, 5.74) is 2.71. The molecule has 2 aliphatic rings. The lowest BCUT2D eigenvalue weighted by molar-refractivity contribution is -0.132. The Morgan fingerprint density at radius 1 is 1.15 bits per heavy atom. The number of rotatable bonds is 2. The van der Waals surface area contributed by atoms with Gasteiger partial charge in [-0.05, 0) is 35.8 Å². The molecule has 108 valence electrons. The van der Waals surface area contributed by atoms with Crippen molar-refractivity contribution in [3.63, 3.8) is 0 Å². The Hall–Kier alpha value is -1.35. The van der Waals surface area contributed by atoms with E-state index in [0.29, 0.717) is 12.6 Å². The molecule has 0 spiro atoms. The van der Waals surface area contributed by atoms with Gasteiger partial charge in [-0.25, -0.2) is 0 Å². The van der Waals surface area contributed by atoms with E-state index in [1.807, 2.05) is 0 Å². The van der Waals surface area contributed by atoms with Gasteiger partial charge >= 0.3 is 0 Å². The van der Waals surface area contributed by atoms with E-state index in [2.05, 4.69) is 55.3 Å². The maximum atomic E-state index is 12.1. The van der Waals surface area contributed by atoms with Crippen molar-refractivity contribution in [2.24, 2.45) is 0 Å². The van der Waals surface area contributed by atoms with Crippen molar-refractivity contribution < 1.29 is 4.79 Å². The number of carbonyl (C=O) groups is 1. The van der Waals surface area contributed by atoms with Crippen LogP contribution in [0.25, 0.3) is 0 Å². The molecule has 1 aliphatic heterocycles. The number of nitrogens with zero attached hydrogens (tertiary/aromatic N) is 1. The fraction of sp³-hybridized carbons (Fsp3) is 0.588. The third-order valence-corrected chi connectivity index (χ3v) is 4.57. The van der Waals surface area contributed by atoms with Gasteiger partial charge in [-0.3, -0.25) is 10.1 Å². The highest BCUT2D eigenvalue weighted by Crippen LogP contribution is 2.34. The molecule has 3 nitrogen and oxygen atoms in total. The molecule has 1 aliphatic carbocycles. The molecule has 20 heavy (non-hydrogen) atoms. The van der Waals surface area contributed by atoms with Crippen LogP contribution < -0.4 is 5.32 Å². The maximum Gasteiger partial charge on any atom is 0.238 e. The van der Waals surface area contributed by atoms with Crippen LogP contribution in [0.4, 0.5) is 0 Å². The molecule has 0 aromatic heterocycles. The van der Waals surface area contributed by atoms with Crippen molar-refractivity contribution in [3.8, 4) is 0 Å². The van der Waals surface area contributed by atoms with Crippen molar-refractivity contribution in [1.82, 2.24) is 10.2 Å². The smallest absolute Gasteiger partial charge is 0.238 e. The van der Waals surface area contributed by atoms with Crippen molar-refractivity contribution in [3.05, 3.63) is 35.4 Å². The van der Waals surface area contributed by atoms with Crippen LogP contribution in [0.5, 0.6) is 0 Å². The van der Waals surface area contributed by atoms with Crippen molar-refractivity contribution in [2.45, 2.75) is 57.7 Å². The molecule has 1 atom stereocenters. The van der Waals surface area contributed by atoms with Gasteiger partial charge in [0.25, 0.3) is 0 Å². The van der Waals surface area contributed by atoms with E-state index in [1.165, 1.54) is 17.5 Å². The van der Waals surface area contributed by atoms with Gasteiger partial charge in [0, 0.05) is 6.04 Å². The first-order chi connectivity index (χ1) is 9.47. The van der Waals surface area contributed by atoms with Crippen LogP contribution in [0.2, 0.25) is 0 Å². The largest absolute Gasteiger partial charge is 0.319 e. The topological polar surface area (TPSA) is 32.3 Å². The highest BCUT2D eigenvalue weighted by atomic mass is 16.2. The molecule has 1 N–H and O–H groups in total. The summed E-state index contributed by atoms with van der Waals surface area (Å²) >= 11 is 0. The molecule has 3 rings (SSSR count). The van der Waals surface area contributed by atoms with E-state index < -0.39 is 0 Å². The number of nitrogens with one attached hydrogen (secondary N) is 1. The summed E-state index contributed by atoms with van der Waals surface area (Å²) in [6.07, 6.45) is 3.64. The lowest BCUT2D eigenvalue weighted by Gasteiger charge is -2.38. The van der Waals surface area contributed by atoms with Gasteiger partial charge in [0.15, 0.2) is 0 Å². The van der Waals surface area contributed by atoms with Crippen molar-refractivity contribution in [2.75, 3.05) is 6.54 Å². The average Bonchev–Trinajstić information content (AvgIpc) is 2.69. The zero-order chi connectivity index (χ0) is 14.3. The molecular weight excluding hydrogens is 248 g/mol. The summed E-state index contributed by atoms with van der Waals surface area (Å²) in [4.78, 5) is 14.1. The Bertz CT molecular complexity index is 497. The first kappa shape index (κ1) is 13.6. The number of hydrogen-bond acceptors (Lipinski definition) is 2. The van der Waals surface area contributed by atoms with Gasteiger partial charge in [-0.1, -0.05) is 45.0 Å². The van der Waals surface area contributed by atoms with Gasteiger partial charge in [0.05, 0.1) is 6.54 Å². The lowest BCUT2D eigenvalue weighted by Crippen LogP contribution is -2.43. The molecule has 1 saturated heterocycles. The molecule has 0 radical (unpaired) electrons. The zero-order valence-corrected chi connectivity index (χ0v) is 12.6. The fourth-order valence-corrected chi connectivity index (χ4v) is 3.04. The van der Waals surface area contributed by atoms with Gasteiger partial charge < -0.3 is 4.90 Å². The van der Waals surface area contributed by atoms with Crippen LogP contribution in [-0.2, 0) is 10.2 Å². The Morgan fingerprint density at radius 2 is 1.80 bits per heavy atom. The summed E-state index contributed by atoms with van der Waals surface area (Å²) in [5.74, 6) is 0.250. The van der Waals surface area contributed by atoms with Gasteiger partial charge in [0.2, 0.25) is 5.91 Å². The van der Waals surface area contributed by atoms with Crippen LogP contribution in [0, 0.1) is 0 Å². The minimum atomic E-state index is 0.0711. The van der Waals surface area contributed by atoms with Gasteiger partial charge in [0.1, 0.15) is 6.17 Å². The Morgan fingerprint density at radius 3 is 2.30 bits per heavy atom. The number of carbonyl (C=O) groups excluding carboxylic acids is 1. The quantitative estimate of drug-likeness (QED) is 0.897. The minimum Gasteiger partial charge on any atom is -0.319 e. The van der Waals surface area contributed by atoms with Crippen LogP contribution in [0.1, 0.15) is 57.3 Å². The highest BCUT2D eigenvalue weighted by molar-refractivity contribution is 5.81. The SMILES string of the molecule is CC(C)(C)c1ccc(C2NCC(=O)N2C2CCC2)cc1. The highest BCUT2D eigenvalue weighted by Gasteiger charge is 2.39. The zero-order valence-electron chi connectivity index (χ0n) is 12.6. The second-order valence-electron chi connectivity index (χ2n) is 7.04. The average molecular weight is 272 g/mol. The van der Waals surface area contributed by atoms with Crippen molar-refractivity contribution >= 4 is 5.91 Å². The third-order valence-electron chi connectivity index (χ3n) is 4.57. The summed E-state index contributed by atoms with van der Waals surface area (Å²) < 4.78 is 0. The van der Waals surface area contributed by atoms with Gasteiger partial charge in [-0.2, -0.15) is 0 Å². The first-order valence-electron chi connectivity index (χ1n) is 7.62. The number of amides is 1. The minimum absolute atomic E-state index is 0.0711. The second kappa shape index (κ2) is 4.88. The third kappa shape index (κ3) is 2.35. The van der Waals surface area contributed by atoms with Crippen LogP contribution in [0.3, 0.4) is 0 Å². The van der Waals surface area contributed by atoms with E-state index in [-0.39, 0.29) is 17.5 Å². The Balaban J connectivity index is 1.83. The van der Waals surface area contributed by atoms with E-state index >= 15 is 0 Å². The maximum absolute atomic E-state index is 12.1. The molecular formula is C17H24N2O. The van der Waals surface area contributed by atoms with E-state index in [4.69, 9.17) is 0 Å². The monoisotopic (exact) mass is 272 g/mol. The number of benzene rings is 1. The summed E-state index contributed by atoms with van der Waals surface area (Å²) in [5, 5.41) is 3.36. The number of hydrogen-bond donors (Lipinski definition) is 1. The lowest BCUT2D eigenvalue weighted by atomic mass is 9.86. The van der Waals surface area contributed by atoms with Crippen LogP contribution in [0.15, 0.2) is 24.3 Å². The van der Waals surface area contributed by atoms with E-state index in [0.717, 1.165) is 12.8 Å². The molecule has 1 aromatic rings. The molecule has 1 heterocycles. The van der Waals surface area contributed by atoms with E-state index in [1.54, 1.807) is 0 Å². The molecule has 2 fully saturated rings. The normalized spacial score (nSPS) is 24.1.